The number of carbonyl (C=O) groups is 1. The Bertz CT molecular complexity index is 667. The molecule has 4 nitrogen and oxygen atoms in total. The van der Waals surface area contributed by atoms with Crippen molar-refractivity contribution in [3.05, 3.63) is 58.9 Å². The normalized spacial score (nSPS) is 13.6. The number of hydrogen-bond acceptors (Lipinski definition) is 3. The van der Waals surface area contributed by atoms with E-state index in [0.717, 1.165) is 36.3 Å². The van der Waals surface area contributed by atoms with Gasteiger partial charge in [-0.1, -0.05) is 12.1 Å². The van der Waals surface area contributed by atoms with Crippen LogP contribution in [-0.2, 0) is 24.2 Å². The predicted octanol–water partition coefficient (Wildman–Crippen LogP) is 2.22. The molecule has 0 saturated carbocycles. The number of amides is 1. The Labute approximate surface area is 124 Å². The van der Waals surface area contributed by atoms with Crippen LogP contribution in [0.5, 0.6) is 0 Å². The highest BCUT2D eigenvalue weighted by atomic mass is 16.1. The summed E-state index contributed by atoms with van der Waals surface area (Å²) in [5.41, 5.74) is 5.52. The first-order valence-corrected chi connectivity index (χ1v) is 7.25. The van der Waals surface area contributed by atoms with Gasteiger partial charge < -0.3 is 10.6 Å². The second kappa shape index (κ2) is 6.06. The average molecular weight is 281 g/mol. The molecule has 1 aromatic heterocycles. The maximum atomic E-state index is 12.3. The molecule has 3 rings (SSSR count). The van der Waals surface area contributed by atoms with Crippen molar-refractivity contribution in [1.82, 2.24) is 10.3 Å². The third kappa shape index (κ3) is 3.11. The summed E-state index contributed by atoms with van der Waals surface area (Å²) in [6, 6.07) is 8.04. The molecule has 0 spiro atoms. The van der Waals surface area contributed by atoms with Crippen LogP contribution in [0.3, 0.4) is 0 Å². The molecule has 0 fully saturated rings. The van der Waals surface area contributed by atoms with Crippen LogP contribution in [0.2, 0.25) is 0 Å². The zero-order valence-corrected chi connectivity index (χ0v) is 12.1. The van der Waals surface area contributed by atoms with Gasteiger partial charge >= 0.3 is 0 Å². The number of benzene rings is 1. The molecule has 0 unspecified atom stereocenters. The van der Waals surface area contributed by atoms with Crippen LogP contribution in [0, 0.1) is 6.92 Å². The fourth-order valence-corrected chi connectivity index (χ4v) is 2.68. The van der Waals surface area contributed by atoms with Crippen LogP contribution >= 0.6 is 0 Å². The molecule has 1 amide bonds. The minimum Gasteiger partial charge on any atom is -0.325 e. The van der Waals surface area contributed by atoms with Gasteiger partial charge in [-0.2, -0.15) is 0 Å². The van der Waals surface area contributed by atoms with Crippen molar-refractivity contribution in [3.63, 3.8) is 0 Å². The summed E-state index contributed by atoms with van der Waals surface area (Å²) in [5, 5.41) is 6.39. The summed E-state index contributed by atoms with van der Waals surface area (Å²) >= 11 is 0. The zero-order valence-electron chi connectivity index (χ0n) is 12.1. The van der Waals surface area contributed by atoms with E-state index in [1.165, 1.54) is 11.1 Å². The van der Waals surface area contributed by atoms with Crippen LogP contribution in [0.25, 0.3) is 0 Å². The second-order valence-electron chi connectivity index (χ2n) is 5.40. The van der Waals surface area contributed by atoms with E-state index >= 15 is 0 Å². The Hall–Kier alpha value is -2.20. The summed E-state index contributed by atoms with van der Waals surface area (Å²) in [7, 11) is 0. The maximum absolute atomic E-state index is 12.3. The number of anilines is 1. The number of nitrogens with one attached hydrogen (secondary N) is 2. The highest BCUT2D eigenvalue weighted by Gasteiger charge is 2.14. The van der Waals surface area contributed by atoms with Gasteiger partial charge in [0.05, 0.1) is 6.42 Å². The number of pyridine rings is 1. The average Bonchev–Trinajstić information content (AvgIpc) is 2.50. The van der Waals surface area contributed by atoms with Gasteiger partial charge in [0, 0.05) is 24.6 Å². The molecule has 0 atom stereocenters. The van der Waals surface area contributed by atoms with Crippen molar-refractivity contribution in [2.24, 2.45) is 0 Å². The van der Waals surface area contributed by atoms with Gasteiger partial charge in [-0.3, -0.25) is 9.78 Å². The SMILES string of the molecule is Cc1ccncc1CC(=O)Nc1cccc2c1CNCC2. The van der Waals surface area contributed by atoms with E-state index in [0.29, 0.717) is 6.42 Å². The topological polar surface area (TPSA) is 54.0 Å². The standard InChI is InChI=1S/C17H19N3O/c1-12-5-7-18-10-14(12)9-17(21)20-16-4-2-3-13-6-8-19-11-15(13)16/h2-5,7,10,19H,6,8-9,11H2,1H3,(H,20,21). The lowest BCUT2D eigenvalue weighted by molar-refractivity contribution is -0.115. The van der Waals surface area contributed by atoms with Gasteiger partial charge in [0.1, 0.15) is 0 Å². The predicted molar refractivity (Wildman–Crippen MR) is 83.2 cm³/mol. The third-order valence-corrected chi connectivity index (χ3v) is 3.92. The number of nitrogens with zero attached hydrogens (tertiary/aromatic N) is 1. The van der Waals surface area contributed by atoms with Crippen molar-refractivity contribution in [1.29, 1.82) is 0 Å². The minimum absolute atomic E-state index is 0.00470. The van der Waals surface area contributed by atoms with Gasteiger partial charge in [0.2, 0.25) is 5.91 Å². The van der Waals surface area contributed by atoms with Gasteiger partial charge in [0.15, 0.2) is 0 Å². The Morgan fingerprint density at radius 2 is 2.29 bits per heavy atom. The molecular weight excluding hydrogens is 262 g/mol. The smallest absolute Gasteiger partial charge is 0.228 e. The lowest BCUT2D eigenvalue weighted by Crippen LogP contribution is -2.26. The van der Waals surface area contributed by atoms with Gasteiger partial charge in [-0.05, 0) is 54.3 Å². The number of aryl methyl sites for hydroxylation is 1. The van der Waals surface area contributed by atoms with Crippen molar-refractivity contribution in [2.45, 2.75) is 26.3 Å². The Morgan fingerprint density at radius 3 is 3.14 bits per heavy atom. The third-order valence-electron chi connectivity index (χ3n) is 3.92. The van der Waals surface area contributed by atoms with Crippen molar-refractivity contribution in [2.75, 3.05) is 11.9 Å². The lowest BCUT2D eigenvalue weighted by atomic mass is 9.99. The van der Waals surface area contributed by atoms with Crippen molar-refractivity contribution < 1.29 is 4.79 Å². The first-order chi connectivity index (χ1) is 10.2. The molecule has 108 valence electrons. The van der Waals surface area contributed by atoms with Gasteiger partial charge in [0.25, 0.3) is 0 Å². The lowest BCUT2D eigenvalue weighted by Gasteiger charge is -2.20. The van der Waals surface area contributed by atoms with Crippen LogP contribution in [-0.4, -0.2) is 17.4 Å². The molecule has 21 heavy (non-hydrogen) atoms. The van der Waals surface area contributed by atoms with Crippen LogP contribution < -0.4 is 10.6 Å². The molecule has 0 aliphatic carbocycles. The fourth-order valence-electron chi connectivity index (χ4n) is 2.68. The van der Waals surface area contributed by atoms with E-state index < -0.39 is 0 Å². The van der Waals surface area contributed by atoms with Crippen molar-refractivity contribution in [3.8, 4) is 0 Å². The minimum atomic E-state index is 0.00470. The summed E-state index contributed by atoms with van der Waals surface area (Å²) in [4.78, 5) is 16.3. The van der Waals surface area contributed by atoms with Gasteiger partial charge in [-0.15, -0.1) is 0 Å². The van der Waals surface area contributed by atoms with E-state index in [9.17, 15) is 4.79 Å². The summed E-state index contributed by atoms with van der Waals surface area (Å²) in [6.45, 7) is 3.82. The van der Waals surface area contributed by atoms with E-state index in [4.69, 9.17) is 0 Å². The first kappa shape index (κ1) is 13.8. The second-order valence-corrected chi connectivity index (χ2v) is 5.40. The van der Waals surface area contributed by atoms with Crippen LogP contribution in [0.15, 0.2) is 36.7 Å². The zero-order chi connectivity index (χ0) is 14.7. The highest BCUT2D eigenvalue weighted by molar-refractivity contribution is 5.93. The molecule has 0 saturated heterocycles. The van der Waals surface area contributed by atoms with Gasteiger partial charge in [-0.25, -0.2) is 0 Å². The quantitative estimate of drug-likeness (QED) is 0.907. The monoisotopic (exact) mass is 281 g/mol. The number of hydrogen-bond donors (Lipinski definition) is 2. The summed E-state index contributed by atoms with van der Waals surface area (Å²) in [6.07, 6.45) is 4.88. The van der Waals surface area contributed by atoms with Crippen molar-refractivity contribution >= 4 is 11.6 Å². The Morgan fingerprint density at radius 1 is 1.38 bits per heavy atom. The van der Waals surface area contributed by atoms with E-state index in [2.05, 4.69) is 21.7 Å². The molecule has 0 radical (unpaired) electrons. The number of rotatable bonds is 3. The molecule has 2 aromatic rings. The van der Waals surface area contributed by atoms with E-state index in [-0.39, 0.29) is 5.91 Å². The first-order valence-electron chi connectivity index (χ1n) is 7.25. The van der Waals surface area contributed by atoms with Crippen LogP contribution in [0.4, 0.5) is 5.69 Å². The molecule has 1 aromatic carbocycles. The molecule has 2 N–H and O–H groups in total. The number of aromatic nitrogens is 1. The molecule has 4 heteroatoms. The molecule has 1 aliphatic rings. The van der Waals surface area contributed by atoms with E-state index in [1.807, 2.05) is 25.1 Å². The fraction of sp³-hybridized carbons (Fsp3) is 0.294. The summed E-state index contributed by atoms with van der Waals surface area (Å²) < 4.78 is 0. The molecular formula is C17H19N3O. The van der Waals surface area contributed by atoms with E-state index in [1.54, 1.807) is 12.4 Å². The van der Waals surface area contributed by atoms with Crippen LogP contribution in [0.1, 0.15) is 22.3 Å². The maximum Gasteiger partial charge on any atom is 0.228 e. The molecule has 1 aliphatic heterocycles. The molecule has 0 bridgehead atoms. The largest absolute Gasteiger partial charge is 0.325 e. The molecule has 2 heterocycles. The Balaban J connectivity index is 1.75. The number of carbonyl (C=O) groups excluding carboxylic acids is 1. The number of fused-ring (bicyclic) bond motifs is 1. The summed E-state index contributed by atoms with van der Waals surface area (Å²) in [5.74, 6) is 0.00470. The highest BCUT2D eigenvalue weighted by Crippen LogP contribution is 2.23. The Kier molecular flexibility index (Phi) is 3.97.